The second-order valence-corrected chi connectivity index (χ2v) is 8.76. The predicted molar refractivity (Wildman–Crippen MR) is 111 cm³/mol. The first-order valence-corrected chi connectivity index (χ1v) is 11.2. The quantitative estimate of drug-likeness (QED) is 0.556. The number of hydrogen-bond donors (Lipinski definition) is 2. The Balaban J connectivity index is 1.55. The van der Waals surface area contributed by atoms with Crippen molar-refractivity contribution in [2.24, 2.45) is 4.99 Å². The van der Waals surface area contributed by atoms with Crippen LogP contribution >= 0.6 is 11.8 Å². The highest BCUT2D eigenvalue weighted by molar-refractivity contribution is 7.99. The number of aliphatic hydroxyl groups is 1. The molecule has 0 radical (unpaired) electrons. The van der Waals surface area contributed by atoms with E-state index in [0.29, 0.717) is 18.7 Å². The Labute approximate surface area is 174 Å². The molecule has 2 N–H and O–H groups in total. The van der Waals surface area contributed by atoms with Crippen molar-refractivity contribution in [1.29, 1.82) is 0 Å². The molecule has 1 atom stereocenters. The Bertz CT molecular complexity index is 699. The highest BCUT2D eigenvalue weighted by Gasteiger charge is 2.32. The fourth-order valence-electron chi connectivity index (χ4n) is 3.59. The molecule has 1 aromatic rings. The van der Waals surface area contributed by atoms with Crippen LogP contribution in [0, 0.1) is 0 Å². The van der Waals surface area contributed by atoms with Gasteiger partial charge in [0.15, 0.2) is 5.96 Å². The van der Waals surface area contributed by atoms with Gasteiger partial charge < -0.3 is 15.3 Å². The zero-order valence-electron chi connectivity index (χ0n) is 16.7. The first-order valence-electron chi connectivity index (χ1n) is 10.0. The minimum absolute atomic E-state index is 0.396. The molecule has 1 aromatic carbocycles. The van der Waals surface area contributed by atoms with Crippen LogP contribution in [0.3, 0.4) is 0 Å². The molecular formula is C20H29F3N4OS. The van der Waals surface area contributed by atoms with Gasteiger partial charge in [0.1, 0.15) is 0 Å². The second kappa shape index (κ2) is 9.57. The molecule has 5 nitrogen and oxygen atoms in total. The fraction of sp³-hybridized carbons (Fsp3) is 0.650. The van der Waals surface area contributed by atoms with E-state index >= 15 is 0 Å². The number of guanidine groups is 1. The summed E-state index contributed by atoms with van der Waals surface area (Å²) in [5.74, 6) is 2.49. The number of piperazine rings is 1. The van der Waals surface area contributed by atoms with Gasteiger partial charge in [0, 0.05) is 45.0 Å². The molecule has 0 amide bonds. The third-order valence-electron chi connectivity index (χ3n) is 5.27. The van der Waals surface area contributed by atoms with Crippen LogP contribution < -0.4 is 5.32 Å². The molecule has 9 heteroatoms. The van der Waals surface area contributed by atoms with Gasteiger partial charge in [0.2, 0.25) is 0 Å². The molecule has 2 saturated heterocycles. The van der Waals surface area contributed by atoms with Crippen LogP contribution in [0.15, 0.2) is 29.3 Å². The van der Waals surface area contributed by atoms with Crippen molar-refractivity contribution in [3.05, 3.63) is 35.4 Å². The van der Waals surface area contributed by atoms with E-state index in [9.17, 15) is 18.3 Å². The van der Waals surface area contributed by atoms with E-state index in [1.54, 1.807) is 17.8 Å². The van der Waals surface area contributed by atoms with Gasteiger partial charge in [-0.25, -0.2) is 0 Å². The molecule has 3 rings (SSSR count). The van der Waals surface area contributed by atoms with Gasteiger partial charge in [-0.05, 0) is 30.7 Å². The van der Waals surface area contributed by atoms with Gasteiger partial charge in [0.25, 0.3) is 0 Å². The average Bonchev–Trinajstić information content (AvgIpc) is 3.12. The van der Waals surface area contributed by atoms with Crippen molar-refractivity contribution >= 4 is 17.7 Å². The summed E-state index contributed by atoms with van der Waals surface area (Å²) in [6.45, 7) is 6.66. The molecule has 0 spiro atoms. The summed E-state index contributed by atoms with van der Waals surface area (Å²) >= 11 is 1.75. The van der Waals surface area contributed by atoms with Crippen molar-refractivity contribution in [2.75, 3.05) is 50.8 Å². The molecule has 0 bridgehead atoms. The van der Waals surface area contributed by atoms with E-state index < -0.39 is 17.3 Å². The fourth-order valence-corrected chi connectivity index (χ4v) is 4.88. The largest absolute Gasteiger partial charge is 0.416 e. The van der Waals surface area contributed by atoms with Crippen molar-refractivity contribution < 1.29 is 18.3 Å². The van der Waals surface area contributed by atoms with E-state index in [2.05, 4.69) is 20.1 Å². The second-order valence-electron chi connectivity index (χ2n) is 7.66. The van der Waals surface area contributed by atoms with Gasteiger partial charge in [-0.15, -0.1) is 0 Å². The van der Waals surface area contributed by atoms with Crippen LogP contribution in [0.4, 0.5) is 13.2 Å². The lowest BCUT2D eigenvalue weighted by Crippen LogP contribution is -2.52. The molecule has 0 saturated carbocycles. The Morgan fingerprint density at radius 3 is 2.66 bits per heavy atom. The van der Waals surface area contributed by atoms with Crippen molar-refractivity contribution in [2.45, 2.75) is 31.7 Å². The zero-order chi connectivity index (χ0) is 20.9. The maximum atomic E-state index is 12.9. The van der Waals surface area contributed by atoms with Crippen LogP contribution in [-0.4, -0.2) is 77.2 Å². The van der Waals surface area contributed by atoms with E-state index in [4.69, 9.17) is 0 Å². The molecular weight excluding hydrogens is 401 g/mol. The lowest BCUT2D eigenvalue weighted by Gasteiger charge is -2.37. The normalized spacial score (nSPS) is 24.2. The molecule has 29 heavy (non-hydrogen) atoms. The number of benzene rings is 1. The maximum absolute atomic E-state index is 12.9. The number of nitrogens with one attached hydrogen (secondary N) is 1. The Kier molecular flexibility index (Phi) is 7.34. The van der Waals surface area contributed by atoms with E-state index in [-0.39, 0.29) is 0 Å². The highest BCUT2D eigenvalue weighted by Crippen LogP contribution is 2.30. The molecule has 2 aliphatic rings. The number of aliphatic imine (C=N–C) groups is 1. The number of nitrogens with zero attached hydrogens (tertiary/aromatic N) is 3. The Morgan fingerprint density at radius 1 is 1.28 bits per heavy atom. The summed E-state index contributed by atoms with van der Waals surface area (Å²) in [6.07, 6.45) is -3.54. The summed E-state index contributed by atoms with van der Waals surface area (Å²) < 4.78 is 38.7. The zero-order valence-corrected chi connectivity index (χ0v) is 17.5. The topological polar surface area (TPSA) is 51.1 Å². The third-order valence-corrected chi connectivity index (χ3v) is 6.51. The molecule has 2 heterocycles. The molecule has 0 aliphatic carbocycles. The summed E-state index contributed by atoms with van der Waals surface area (Å²) in [4.78, 5) is 8.99. The molecule has 2 aliphatic heterocycles. The van der Waals surface area contributed by atoms with Crippen LogP contribution in [0.5, 0.6) is 0 Å². The van der Waals surface area contributed by atoms with Gasteiger partial charge in [-0.3, -0.25) is 9.89 Å². The van der Waals surface area contributed by atoms with Crippen molar-refractivity contribution in [3.8, 4) is 0 Å². The summed E-state index contributed by atoms with van der Waals surface area (Å²) in [6, 6.07) is 5.55. The van der Waals surface area contributed by atoms with Crippen LogP contribution in [0.1, 0.15) is 24.5 Å². The van der Waals surface area contributed by atoms with Crippen molar-refractivity contribution in [1.82, 2.24) is 15.1 Å². The number of halogens is 3. The van der Waals surface area contributed by atoms with Crippen LogP contribution in [0.2, 0.25) is 0 Å². The first-order chi connectivity index (χ1) is 13.8. The standard InChI is InChI=1S/C20H29F3N4OS/c1-2-24-18(25-14-19(28)6-11-29-15-19)27-9-7-26(8-10-27)13-16-4-3-5-17(12-16)20(21,22)23/h3-5,12,28H,2,6-11,13-15H2,1H3,(H,24,25). The van der Waals surface area contributed by atoms with Gasteiger partial charge in [0.05, 0.1) is 17.7 Å². The summed E-state index contributed by atoms with van der Waals surface area (Å²) in [5, 5.41) is 13.8. The molecule has 1 unspecified atom stereocenters. The van der Waals surface area contributed by atoms with E-state index in [1.807, 2.05) is 6.92 Å². The van der Waals surface area contributed by atoms with Gasteiger partial charge >= 0.3 is 6.18 Å². The molecule has 0 aromatic heterocycles. The molecule has 162 valence electrons. The van der Waals surface area contributed by atoms with E-state index in [0.717, 1.165) is 62.7 Å². The Hall–Kier alpha value is -1.45. The minimum atomic E-state index is -4.31. The lowest BCUT2D eigenvalue weighted by atomic mass is 10.0. The SMILES string of the molecule is CCNC(=NCC1(O)CCSC1)N1CCN(Cc2cccc(C(F)(F)F)c2)CC1. The van der Waals surface area contributed by atoms with Crippen LogP contribution in [0.25, 0.3) is 0 Å². The summed E-state index contributed by atoms with van der Waals surface area (Å²) in [5.41, 5.74) is -0.635. The number of hydrogen-bond acceptors (Lipinski definition) is 4. The van der Waals surface area contributed by atoms with Gasteiger partial charge in [-0.1, -0.05) is 18.2 Å². The van der Waals surface area contributed by atoms with Gasteiger partial charge in [-0.2, -0.15) is 24.9 Å². The van der Waals surface area contributed by atoms with Crippen molar-refractivity contribution in [3.63, 3.8) is 0 Å². The first kappa shape index (κ1) is 22.2. The smallest absolute Gasteiger partial charge is 0.387 e. The monoisotopic (exact) mass is 430 g/mol. The highest BCUT2D eigenvalue weighted by atomic mass is 32.2. The summed E-state index contributed by atoms with van der Waals surface area (Å²) in [7, 11) is 0. The van der Waals surface area contributed by atoms with E-state index in [1.165, 1.54) is 12.1 Å². The third kappa shape index (κ3) is 6.26. The maximum Gasteiger partial charge on any atom is 0.416 e. The number of rotatable bonds is 5. The minimum Gasteiger partial charge on any atom is -0.387 e. The van der Waals surface area contributed by atoms with Crippen LogP contribution in [-0.2, 0) is 12.7 Å². The number of thioether (sulfide) groups is 1. The predicted octanol–water partition coefficient (Wildman–Crippen LogP) is 2.66. The Morgan fingerprint density at radius 2 is 2.03 bits per heavy atom. The molecule has 2 fully saturated rings. The number of alkyl halides is 3. The average molecular weight is 431 g/mol. The lowest BCUT2D eigenvalue weighted by molar-refractivity contribution is -0.137.